The molecule has 0 bridgehead atoms. The Kier molecular flexibility index (Phi) is 3.06. The van der Waals surface area contributed by atoms with Gasteiger partial charge in [-0.15, -0.1) is 0 Å². The summed E-state index contributed by atoms with van der Waals surface area (Å²) in [7, 11) is 0. The number of thiol groups is 1. The third-order valence-corrected chi connectivity index (χ3v) is 2.19. The zero-order valence-electron chi connectivity index (χ0n) is 6.43. The Balaban J connectivity index is 2.31. The van der Waals surface area contributed by atoms with Crippen molar-refractivity contribution in [3.63, 3.8) is 0 Å². The Bertz CT molecular complexity index is 143. The summed E-state index contributed by atoms with van der Waals surface area (Å²) in [5.74, 6) is 0. The molecule has 0 amide bonds. The predicted molar refractivity (Wildman–Crippen MR) is 46.9 cm³/mol. The molecule has 0 saturated carbocycles. The van der Waals surface area contributed by atoms with Crippen LogP contribution >= 0.6 is 12.6 Å². The Morgan fingerprint density at radius 1 is 1.70 bits per heavy atom. The fraction of sp³-hybridized carbons (Fsp3) is 0.857. The van der Waals surface area contributed by atoms with Gasteiger partial charge in [-0.25, -0.2) is 0 Å². The highest BCUT2D eigenvalue weighted by molar-refractivity contribution is 7.96. The van der Waals surface area contributed by atoms with E-state index < -0.39 is 0 Å². The van der Waals surface area contributed by atoms with E-state index in [1.807, 2.05) is 0 Å². The lowest BCUT2D eigenvalue weighted by Crippen LogP contribution is -2.17. The van der Waals surface area contributed by atoms with Crippen molar-refractivity contribution in [3.8, 4) is 0 Å². The van der Waals surface area contributed by atoms with Crippen molar-refractivity contribution in [3.05, 3.63) is 0 Å². The van der Waals surface area contributed by atoms with Gasteiger partial charge in [0.05, 0.1) is 6.54 Å². The summed E-state index contributed by atoms with van der Waals surface area (Å²) in [4.78, 5) is 0. The van der Waals surface area contributed by atoms with E-state index in [-0.39, 0.29) is 0 Å². The van der Waals surface area contributed by atoms with E-state index >= 15 is 0 Å². The molecule has 1 heterocycles. The second kappa shape index (κ2) is 3.86. The highest BCUT2D eigenvalue weighted by atomic mass is 32.1. The van der Waals surface area contributed by atoms with Crippen LogP contribution < -0.4 is 5.32 Å². The summed E-state index contributed by atoms with van der Waals surface area (Å²) >= 11 is 4.29. The topological polar surface area (TPSA) is 15.0 Å². The minimum Gasteiger partial charge on any atom is -0.265 e. The summed E-state index contributed by atoms with van der Waals surface area (Å²) in [5, 5.41) is 4.23. The molecule has 0 aliphatic carbocycles. The van der Waals surface area contributed by atoms with Crippen molar-refractivity contribution in [1.29, 1.82) is 0 Å². The SMILES string of the molecule is CCCC[N+]1=C(S)NCC1. The van der Waals surface area contributed by atoms with Crippen molar-refractivity contribution in [2.45, 2.75) is 19.8 Å². The van der Waals surface area contributed by atoms with Gasteiger partial charge < -0.3 is 0 Å². The first-order valence-corrected chi connectivity index (χ1v) is 4.34. The Labute approximate surface area is 67.7 Å². The van der Waals surface area contributed by atoms with Gasteiger partial charge >= 0.3 is 5.17 Å². The monoisotopic (exact) mass is 159 g/mol. The van der Waals surface area contributed by atoms with Gasteiger partial charge in [0.1, 0.15) is 13.1 Å². The first-order valence-electron chi connectivity index (χ1n) is 3.89. The van der Waals surface area contributed by atoms with Crippen LogP contribution in [0.25, 0.3) is 0 Å². The summed E-state index contributed by atoms with van der Waals surface area (Å²) in [6.45, 7) is 5.55. The Morgan fingerprint density at radius 2 is 2.50 bits per heavy atom. The molecule has 0 atom stereocenters. The molecule has 0 saturated heterocycles. The van der Waals surface area contributed by atoms with Crippen LogP contribution in [0.4, 0.5) is 0 Å². The van der Waals surface area contributed by atoms with Crippen LogP contribution in [0.1, 0.15) is 19.8 Å². The van der Waals surface area contributed by atoms with Gasteiger partial charge in [0, 0.05) is 0 Å². The van der Waals surface area contributed by atoms with Gasteiger partial charge in [-0.1, -0.05) is 26.0 Å². The van der Waals surface area contributed by atoms with Gasteiger partial charge in [-0.2, -0.15) is 0 Å². The largest absolute Gasteiger partial charge is 0.303 e. The number of nitrogens with zero attached hydrogens (tertiary/aromatic N) is 1. The van der Waals surface area contributed by atoms with Gasteiger partial charge in [0.25, 0.3) is 0 Å². The molecule has 0 radical (unpaired) electrons. The van der Waals surface area contributed by atoms with Gasteiger partial charge in [0.2, 0.25) is 0 Å². The standard InChI is InChI=1S/C7H14N2S/c1-2-3-5-9-6-4-8-7(9)10/h2-6H2,1H3,(H,8,10)/p+1. The van der Waals surface area contributed by atoms with E-state index in [1.165, 1.54) is 12.8 Å². The minimum atomic E-state index is 1.05. The molecule has 0 fully saturated rings. The second-order valence-corrected chi connectivity index (χ2v) is 3.01. The zero-order valence-corrected chi connectivity index (χ0v) is 7.32. The van der Waals surface area contributed by atoms with Crippen LogP contribution in [-0.2, 0) is 0 Å². The highest BCUT2D eigenvalue weighted by Gasteiger charge is 2.15. The summed E-state index contributed by atoms with van der Waals surface area (Å²) < 4.78 is 2.28. The first kappa shape index (κ1) is 7.92. The van der Waals surface area contributed by atoms with Gasteiger partial charge in [0.15, 0.2) is 0 Å². The minimum absolute atomic E-state index is 1.05. The van der Waals surface area contributed by atoms with Crippen LogP contribution in [-0.4, -0.2) is 29.4 Å². The first-order chi connectivity index (χ1) is 4.84. The maximum Gasteiger partial charge on any atom is 0.303 e. The third kappa shape index (κ3) is 1.90. The quantitative estimate of drug-likeness (QED) is 0.457. The molecule has 0 aromatic rings. The smallest absolute Gasteiger partial charge is 0.265 e. The zero-order chi connectivity index (χ0) is 7.40. The number of unbranched alkanes of at least 4 members (excludes halogenated alkanes) is 1. The number of rotatable bonds is 3. The molecule has 0 spiro atoms. The number of hydrogen-bond donors (Lipinski definition) is 2. The average Bonchev–Trinajstić information content (AvgIpc) is 2.31. The van der Waals surface area contributed by atoms with Crippen LogP contribution in [0, 0.1) is 0 Å². The van der Waals surface area contributed by atoms with Crippen LogP contribution in [0.15, 0.2) is 0 Å². The summed E-state index contributed by atoms with van der Waals surface area (Å²) in [6, 6.07) is 0. The number of nitrogens with one attached hydrogen (secondary N) is 1. The predicted octanol–water partition coefficient (Wildman–Crippen LogP) is 0.688. The molecule has 1 rings (SSSR count). The van der Waals surface area contributed by atoms with Crippen molar-refractivity contribution in [2.75, 3.05) is 19.6 Å². The fourth-order valence-corrected chi connectivity index (χ4v) is 1.40. The Morgan fingerprint density at radius 3 is 3.00 bits per heavy atom. The van der Waals surface area contributed by atoms with Crippen molar-refractivity contribution < 1.29 is 4.58 Å². The van der Waals surface area contributed by atoms with E-state index in [9.17, 15) is 0 Å². The molecule has 3 heteroatoms. The molecule has 0 unspecified atom stereocenters. The lowest BCUT2D eigenvalue weighted by atomic mass is 10.3. The van der Waals surface area contributed by atoms with Crippen LogP contribution in [0.5, 0.6) is 0 Å². The molecular formula is C7H15N2S+. The molecule has 58 valence electrons. The van der Waals surface area contributed by atoms with Crippen LogP contribution in [0.2, 0.25) is 0 Å². The normalized spacial score (nSPS) is 17.8. The number of amidine groups is 1. The third-order valence-electron chi connectivity index (χ3n) is 1.75. The van der Waals surface area contributed by atoms with Gasteiger partial charge in [-0.05, 0) is 6.42 Å². The molecule has 0 aromatic heterocycles. The van der Waals surface area contributed by atoms with Crippen LogP contribution in [0.3, 0.4) is 0 Å². The lowest BCUT2D eigenvalue weighted by molar-refractivity contribution is -0.515. The molecule has 0 aromatic carbocycles. The van der Waals surface area contributed by atoms with E-state index in [2.05, 4.69) is 29.4 Å². The summed E-state index contributed by atoms with van der Waals surface area (Å²) in [6.07, 6.45) is 2.53. The lowest BCUT2D eigenvalue weighted by Gasteiger charge is -1.97. The highest BCUT2D eigenvalue weighted by Crippen LogP contribution is 1.94. The molecule has 1 aliphatic rings. The van der Waals surface area contributed by atoms with E-state index in [0.717, 1.165) is 24.8 Å². The van der Waals surface area contributed by atoms with Gasteiger partial charge in [-0.3, -0.25) is 9.89 Å². The molecular weight excluding hydrogens is 144 g/mol. The maximum atomic E-state index is 4.29. The Hall–Kier alpha value is -0.180. The maximum absolute atomic E-state index is 4.29. The van der Waals surface area contributed by atoms with E-state index in [1.54, 1.807) is 0 Å². The summed E-state index contributed by atoms with van der Waals surface area (Å²) in [5.41, 5.74) is 0. The second-order valence-electron chi connectivity index (χ2n) is 2.59. The number of hydrogen-bond acceptors (Lipinski definition) is 1. The molecule has 1 N–H and O–H groups in total. The molecule has 1 aliphatic heterocycles. The molecule has 2 nitrogen and oxygen atoms in total. The van der Waals surface area contributed by atoms with Crippen molar-refractivity contribution in [2.24, 2.45) is 0 Å². The van der Waals surface area contributed by atoms with E-state index in [0.29, 0.717) is 0 Å². The molecule has 10 heavy (non-hydrogen) atoms. The van der Waals surface area contributed by atoms with E-state index in [4.69, 9.17) is 0 Å². The fourth-order valence-electron chi connectivity index (χ4n) is 1.09. The van der Waals surface area contributed by atoms with Crippen molar-refractivity contribution >= 4 is 17.8 Å². The average molecular weight is 159 g/mol. The van der Waals surface area contributed by atoms with Crippen molar-refractivity contribution in [1.82, 2.24) is 5.32 Å².